The monoisotopic (exact) mass is 399 g/mol. The fourth-order valence-electron chi connectivity index (χ4n) is 2.68. The third-order valence-electron chi connectivity index (χ3n) is 4.01. The van der Waals surface area contributed by atoms with Gasteiger partial charge < -0.3 is 14.5 Å². The predicted octanol–water partition coefficient (Wildman–Crippen LogP) is 3.21. The van der Waals surface area contributed by atoms with E-state index in [4.69, 9.17) is 9.15 Å². The minimum atomic E-state index is -0.373. The number of rotatable bonds is 8. The summed E-state index contributed by atoms with van der Waals surface area (Å²) >= 11 is 1.26. The Morgan fingerprint density at radius 2 is 2.14 bits per heavy atom. The van der Waals surface area contributed by atoms with Gasteiger partial charge in [0.05, 0.1) is 25.5 Å². The van der Waals surface area contributed by atoms with Gasteiger partial charge in [0.25, 0.3) is 5.91 Å². The Morgan fingerprint density at radius 3 is 2.89 bits per heavy atom. The first-order chi connectivity index (χ1) is 13.5. The molecule has 0 aliphatic carbocycles. The normalized spacial score (nSPS) is 10.5. The van der Waals surface area contributed by atoms with E-state index >= 15 is 0 Å². The van der Waals surface area contributed by atoms with E-state index in [2.05, 4.69) is 21.7 Å². The molecule has 2 aromatic heterocycles. The lowest BCUT2D eigenvalue weighted by atomic mass is 10.1. The van der Waals surface area contributed by atoms with E-state index in [0.29, 0.717) is 23.8 Å². The second-order valence-corrected chi connectivity index (χ2v) is 7.03. The number of thiazole rings is 1. The molecule has 0 unspecified atom stereocenters. The summed E-state index contributed by atoms with van der Waals surface area (Å²) < 4.78 is 10.4. The van der Waals surface area contributed by atoms with Crippen LogP contribution in [0.3, 0.4) is 0 Å². The predicted molar refractivity (Wildman–Crippen MR) is 107 cm³/mol. The number of anilines is 1. The first-order valence-electron chi connectivity index (χ1n) is 8.74. The average Bonchev–Trinajstić information content (AvgIpc) is 3.34. The van der Waals surface area contributed by atoms with Crippen molar-refractivity contribution in [3.05, 3.63) is 64.6 Å². The fraction of sp³-hybridized carbons (Fsp3) is 0.250. The second-order valence-electron chi connectivity index (χ2n) is 6.17. The van der Waals surface area contributed by atoms with Crippen molar-refractivity contribution in [1.82, 2.24) is 10.3 Å². The molecule has 0 radical (unpaired) electrons. The van der Waals surface area contributed by atoms with Crippen molar-refractivity contribution in [3.63, 3.8) is 0 Å². The highest BCUT2D eigenvalue weighted by Gasteiger charge is 2.13. The van der Waals surface area contributed by atoms with E-state index in [9.17, 15) is 9.59 Å². The highest BCUT2D eigenvalue weighted by atomic mass is 32.1. The number of benzene rings is 1. The molecular formula is C20H21N3O4S. The average molecular weight is 399 g/mol. The van der Waals surface area contributed by atoms with Crippen LogP contribution >= 0.6 is 11.3 Å². The summed E-state index contributed by atoms with van der Waals surface area (Å²) in [5, 5.41) is 7.72. The molecule has 0 spiro atoms. The zero-order chi connectivity index (χ0) is 19.9. The minimum absolute atomic E-state index is 0.124. The molecule has 3 rings (SSSR count). The summed E-state index contributed by atoms with van der Waals surface area (Å²) in [7, 11) is 1.64. The number of carbonyl (C=O) groups excluding carboxylic acids is 2. The van der Waals surface area contributed by atoms with Crippen LogP contribution in [0.15, 0.2) is 46.4 Å². The Labute approximate surface area is 166 Å². The molecule has 1 aromatic carbocycles. The number of aromatic nitrogens is 1. The van der Waals surface area contributed by atoms with Gasteiger partial charge in [0.1, 0.15) is 5.75 Å². The first kappa shape index (κ1) is 19.6. The third-order valence-corrected chi connectivity index (χ3v) is 4.82. The number of ether oxygens (including phenoxy) is 1. The first-order valence-corrected chi connectivity index (χ1v) is 9.62. The van der Waals surface area contributed by atoms with Crippen molar-refractivity contribution in [2.24, 2.45) is 0 Å². The Hall–Kier alpha value is -3.13. The van der Waals surface area contributed by atoms with E-state index < -0.39 is 0 Å². The summed E-state index contributed by atoms with van der Waals surface area (Å²) in [6, 6.07) is 9.19. The standard InChI is InChI=1S/C20H21N3O4S/c1-13-5-6-16(26-2)14(10-13)7-8-21-18(24)11-15-12-28-20(22-15)23-19(25)17-4-3-9-27-17/h3-6,9-10,12H,7-8,11H2,1-2H3,(H,21,24)(H,22,23,25). The van der Waals surface area contributed by atoms with E-state index in [1.54, 1.807) is 24.6 Å². The van der Waals surface area contributed by atoms with Gasteiger partial charge in [-0.1, -0.05) is 17.7 Å². The van der Waals surface area contributed by atoms with Crippen LogP contribution in [-0.2, 0) is 17.6 Å². The topological polar surface area (TPSA) is 93.5 Å². The number of amides is 2. The van der Waals surface area contributed by atoms with Crippen molar-refractivity contribution in [2.75, 3.05) is 19.0 Å². The number of aryl methyl sites for hydroxylation is 1. The third kappa shape index (κ3) is 5.20. The highest BCUT2D eigenvalue weighted by Crippen LogP contribution is 2.20. The van der Waals surface area contributed by atoms with E-state index in [1.165, 1.54) is 17.6 Å². The molecule has 2 heterocycles. The van der Waals surface area contributed by atoms with Gasteiger partial charge >= 0.3 is 0 Å². The number of nitrogens with one attached hydrogen (secondary N) is 2. The second kappa shape index (κ2) is 9.18. The van der Waals surface area contributed by atoms with Crippen LogP contribution in [0, 0.1) is 6.92 Å². The van der Waals surface area contributed by atoms with Crippen LogP contribution in [0.1, 0.15) is 27.4 Å². The SMILES string of the molecule is COc1ccc(C)cc1CCNC(=O)Cc1csc(NC(=O)c2ccco2)n1. The lowest BCUT2D eigenvalue weighted by Crippen LogP contribution is -2.27. The lowest BCUT2D eigenvalue weighted by Gasteiger charge is -2.10. The number of hydrogen-bond acceptors (Lipinski definition) is 6. The molecule has 0 atom stereocenters. The van der Waals surface area contributed by atoms with Gasteiger partial charge in [-0.15, -0.1) is 11.3 Å². The smallest absolute Gasteiger partial charge is 0.293 e. The number of hydrogen-bond donors (Lipinski definition) is 2. The fourth-order valence-corrected chi connectivity index (χ4v) is 3.38. The molecule has 0 bridgehead atoms. The molecule has 146 valence electrons. The maximum absolute atomic E-state index is 12.2. The van der Waals surface area contributed by atoms with Gasteiger partial charge in [0, 0.05) is 11.9 Å². The molecule has 28 heavy (non-hydrogen) atoms. The van der Waals surface area contributed by atoms with Gasteiger partial charge in [-0.25, -0.2) is 4.98 Å². The highest BCUT2D eigenvalue weighted by molar-refractivity contribution is 7.14. The Bertz CT molecular complexity index is 950. The number of furan rings is 1. The van der Waals surface area contributed by atoms with Crippen LogP contribution in [0.2, 0.25) is 0 Å². The van der Waals surface area contributed by atoms with Crippen molar-refractivity contribution >= 4 is 28.3 Å². The quantitative estimate of drug-likeness (QED) is 0.607. The van der Waals surface area contributed by atoms with Crippen molar-refractivity contribution < 1.29 is 18.7 Å². The molecule has 0 saturated carbocycles. The molecule has 7 nitrogen and oxygen atoms in total. The van der Waals surface area contributed by atoms with Crippen molar-refractivity contribution in [3.8, 4) is 5.75 Å². The van der Waals surface area contributed by atoms with Gasteiger partial charge in [-0.05, 0) is 37.1 Å². The Balaban J connectivity index is 1.47. The molecule has 8 heteroatoms. The number of nitrogens with zero attached hydrogens (tertiary/aromatic N) is 1. The van der Waals surface area contributed by atoms with Crippen LogP contribution < -0.4 is 15.4 Å². The lowest BCUT2D eigenvalue weighted by molar-refractivity contribution is -0.120. The number of carbonyl (C=O) groups is 2. The largest absolute Gasteiger partial charge is 0.496 e. The molecule has 0 aliphatic heterocycles. The number of methoxy groups -OCH3 is 1. The molecule has 0 fully saturated rings. The Kier molecular flexibility index (Phi) is 6.44. The summed E-state index contributed by atoms with van der Waals surface area (Å²) in [5.74, 6) is 0.528. The van der Waals surface area contributed by atoms with Gasteiger partial charge in [-0.2, -0.15) is 0 Å². The van der Waals surface area contributed by atoms with Crippen LogP contribution in [0.4, 0.5) is 5.13 Å². The van der Waals surface area contributed by atoms with Crippen LogP contribution in [0.5, 0.6) is 5.75 Å². The summed E-state index contributed by atoms with van der Waals surface area (Å²) in [6.45, 7) is 2.52. The Morgan fingerprint density at radius 1 is 1.29 bits per heavy atom. The van der Waals surface area contributed by atoms with E-state index in [0.717, 1.165) is 16.9 Å². The summed E-state index contributed by atoms with van der Waals surface area (Å²) in [4.78, 5) is 28.4. The molecule has 0 saturated heterocycles. The molecule has 3 aromatic rings. The zero-order valence-electron chi connectivity index (χ0n) is 15.7. The van der Waals surface area contributed by atoms with E-state index in [1.807, 2.05) is 19.1 Å². The maximum atomic E-state index is 12.2. The molecular weight excluding hydrogens is 378 g/mol. The minimum Gasteiger partial charge on any atom is -0.496 e. The van der Waals surface area contributed by atoms with Gasteiger partial charge in [-0.3, -0.25) is 14.9 Å². The van der Waals surface area contributed by atoms with Crippen LogP contribution in [-0.4, -0.2) is 30.5 Å². The summed E-state index contributed by atoms with van der Waals surface area (Å²) in [6.07, 6.45) is 2.26. The molecule has 2 N–H and O–H groups in total. The van der Waals surface area contributed by atoms with Gasteiger partial charge in [0.15, 0.2) is 10.9 Å². The van der Waals surface area contributed by atoms with Gasteiger partial charge in [0.2, 0.25) is 5.91 Å². The van der Waals surface area contributed by atoms with Crippen LogP contribution in [0.25, 0.3) is 0 Å². The van der Waals surface area contributed by atoms with Crippen molar-refractivity contribution in [1.29, 1.82) is 0 Å². The van der Waals surface area contributed by atoms with E-state index in [-0.39, 0.29) is 24.0 Å². The maximum Gasteiger partial charge on any atom is 0.293 e. The molecule has 0 aliphatic rings. The summed E-state index contributed by atoms with van der Waals surface area (Å²) in [5.41, 5.74) is 2.80. The van der Waals surface area contributed by atoms with Crippen molar-refractivity contribution in [2.45, 2.75) is 19.8 Å². The molecule has 2 amide bonds. The zero-order valence-corrected chi connectivity index (χ0v) is 16.5.